The molecule has 1 aliphatic carbocycles. The molecule has 1 amide bonds. The maximum Gasteiger partial charge on any atom is 0.230 e. The SMILES string of the molecule is O=C(CSc1nnc2c3ccccc3n(Cc3ccc(F)cc3)c2n1)NC1CCCCC1. The molecule has 4 aromatic rings. The highest BCUT2D eigenvalue weighted by molar-refractivity contribution is 7.99. The fourth-order valence-corrected chi connectivity index (χ4v) is 4.92. The fraction of sp³-hybridized carbons (Fsp3) is 0.333. The molecule has 2 aromatic carbocycles. The van der Waals surface area contributed by atoms with E-state index in [0.29, 0.717) is 17.3 Å². The van der Waals surface area contributed by atoms with E-state index >= 15 is 0 Å². The van der Waals surface area contributed by atoms with E-state index in [1.165, 1.54) is 43.2 Å². The average Bonchev–Trinajstić information content (AvgIpc) is 3.13. The van der Waals surface area contributed by atoms with Crippen LogP contribution >= 0.6 is 11.8 Å². The van der Waals surface area contributed by atoms with Gasteiger partial charge in [-0.3, -0.25) is 4.79 Å². The van der Waals surface area contributed by atoms with Gasteiger partial charge in [-0.2, -0.15) is 0 Å². The topological polar surface area (TPSA) is 72.7 Å². The van der Waals surface area contributed by atoms with Crippen molar-refractivity contribution in [3.05, 3.63) is 59.9 Å². The number of halogens is 1. The molecule has 1 N–H and O–H groups in total. The molecule has 1 saturated carbocycles. The number of fused-ring (bicyclic) bond motifs is 3. The van der Waals surface area contributed by atoms with E-state index in [-0.39, 0.29) is 23.5 Å². The van der Waals surface area contributed by atoms with Gasteiger partial charge in [0.05, 0.1) is 11.3 Å². The Morgan fingerprint density at radius 2 is 1.84 bits per heavy atom. The second-order valence-corrected chi connectivity index (χ2v) is 9.13. The van der Waals surface area contributed by atoms with Crippen LogP contribution in [0.1, 0.15) is 37.7 Å². The number of nitrogens with one attached hydrogen (secondary N) is 1. The number of hydrogen-bond donors (Lipinski definition) is 1. The van der Waals surface area contributed by atoms with Gasteiger partial charge in [0.15, 0.2) is 5.65 Å². The maximum absolute atomic E-state index is 13.3. The molecule has 5 rings (SSSR count). The molecule has 32 heavy (non-hydrogen) atoms. The minimum absolute atomic E-state index is 0.0115. The second kappa shape index (κ2) is 9.24. The minimum atomic E-state index is -0.259. The van der Waals surface area contributed by atoms with Crippen LogP contribution < -0.4 is 5.32 Å². The highest BCUT2D eigenvalue weighted by Gasteiger charge is 2.18. The summed E-state index contributed by atoms with van der Waals surface area (Å²) >= 11 is 1.30. The van der Waals surface area contributed by atoms with Gasteiger partial charge in [0.25, 0.3) is 0 Å². The molecule has 2 heterocycles. The van der Waals surface area contributed by atoms with Crippen LogP contribution in [0.3, 0.4) is 0 Å². The summed E-state index contributed by atoms with van der Waals surface area (Å²) in [6.07, 6.45) is 5.74. The lowest BCUT2D eigenvalue weighted by molar-refractivity contribution is -0.119. The summed E-state index contributed by atoms with van der Waals surface area (Å²) in [5.74, 6) is 0.0182. The molecule has 1 aliphatic rings. The van der Waals surface area contributed by atoms with Crippen molar-refractivity contribution >= 4 is 39.7 Å². The third kappa shape index (κ3) is 4.46. The predicted octanol–water partition coefficient (Wildman–Crippen LogP) is 4.71. The van der Waals surface area contributed by atoms with Crippen LogP contribution in [-0.2, 0) is 11.3 Å². The van der Waals surface area contributed by atoms with Crippen molar-refractivity contribution in [2.24, 2.45) is 0 Å². The van der Waals surface area contributed by atoms with Gasteiger partial charge in [-0.25, -0.2) is 9.37 Å². The van der Waals surface area contributed by atoms with Crippen molar-refractivity contribution in [3.8, 4) is 0 Å². The predicted molar refractivity (Wildman–Crippen MR) is 124 cm³/mol. The summed E-state index contributed by atoms with van der Waals surface area (Å²) in [5, 5.41) is 13.3. The van der Waals surface area contributed by atoms with E-state index in [2.05, 4.69) is 20.1 Å². The van der Waals surface area contributed by atoms with E-state index in [0.717, 1.165) is 34.8 Å². The lowest BCUT2D eigenvalue weighted by Crippen LogP contribution is -2.37. The number of carbonyl (C=O) groups excluding carboxylic acids is 1. The minimum Gasteiger partial charge on any atom is -0.353 e. The molecule has 2 aromatic heterocycles. The zero-order valence-corrected chi connectivity index (χ0v) is 18.4. The number of amides is 1. The molecule has 0 spiro atoms. The van der Waals surface area contributed by atoms with Crippen LogP contribution in [0.25, 0.3) is 22.1 Å². The van der Waals surface area contributed by atoms with Crippen LogP contribution in [0.15, 0.2) is 53.7 Å². The lowest BCUT2D eigenvalue weighted by atomic mass is 9.95. The number of aromatic nitrogens is 4. The highest BCUT2D eigenvalue weighted by Crippen LogP contribution is 2.28. The Hall–Kier alpha value is -3.00. The molecule has 6 nitrogen and oxygen atoms in total. The number of hydrogen-bond acceptors (Lipinski definition) is 5. The molecular weight excluding hydrogens is 425 g/mol. The van der Waals surface area contributed by atoms with Crippen molar-refractivity contribution in [3.63, 3.8) is 0 Å². The third-order valence-corrected chi connectivity index (χ3v) is 6.75. The zero-order chi connectivity index (χ0) is 21.9. The van der Waals surface area contributed by atoms with Crippen LogP contribution in [0.5, 0.6) is 0 Å². The summed E-state index contributed by atoms with van der Waals surface area (Å²) < 4.78 is 15.4. The molecule has 0 bridgehead atoms. The molecule has 8 heteroatoms. The fourth-order valence-electron chi connectivity index (χ4n) is 4.33. The second-order valence-electron chi connectivity index (χ2n) is 8.19. The first-order valence-electron chi connectivity index (χ1n) is 11.0. The standard InChI is InChI=1S/C24H24FN5OS/c25-17-12-10-16(11-13-17)14-30-20-9-5-4-8-19(20)22-23(30)27-24(29-28-22)32-15-21(31)26-18-6-2-1-3-7-18/h4-5,8-13,18H,1-3,6-7,14-15H2,(H,26,31). The van der Waals surface area contributed by atoms with E-state index in [9.17, 15) is 9.18 Å². The Bertz CT molecular complexity index is 1250. The van der Waals surface area contributed by atoms with Gasteiger partial charge in [-0.15, -0.1) is 10.2 Å². The number of carbonyl (C=O) groups is 1. The molecule has 1 fully saturated rings. The van der Waals surface area contributed by atoms with E-state index < -0.39 is 0 Å². The summed E-state index contributed by atoms with van der Waals surface area (Å²) in [4.78, 5) is 17.1. The third-order valence-electron chi connectivity index (χ3n) is 5.91. The van der Waals surface area contributed by atoms with Crippen LogP contribution in [0.4, 0.5) is 4.39 Å². The van der Waals surface area contributed by atoms with Crippen molar-refractivity contribution in [2.75, 3.05) is 5.75 Å². The molecule has 0 unspecified atom stereocenters. The summed E-state index contributed by atoms with van der Waals surface area (Å²) in [6.45, 7) is 0.537. The first kappa shape index (κ1) is 20.9. The Morgan fingerprint density at radius 1 is 1.06 bits per heavy atom. The first-order chi connectivity index (χ1) is 15.7. The van der Waals surface area contributed by atoms with Crippen LogP contribution in [-0.4, -0.2) is 37.5 Å². The normalized spacial score (nSPS) is 14.8. The van der Waals surface area contributed by atoms with Crippen molar-refractivity contribution < 1.29 is 9.18 Å². The Labute approximate surface area is 189 Å². The number of para-hydroxylation sites is 1. The van der Waals surface area contributed by atoms with Gasteiger partial charge in [0, 0.05) is 18.0 Å². The monoisotopic (exact) mass is 449 g/mol. The quantitative estimate of drug-likeness (QED) is 0.432. The van der Waals surface area contributed by atoms with Crippen molar-refractivity contribution in [2.45, 2.75) is 49.8 Å². The van der Waals surface area contributed by atoms with Gasteiger partial charge >= 0.3 is 0 Å². The van der Waals surface area contributed by atoms with Gasteiger partial charge in [0.2, 0.25) is 11.1 Å². The molecule has 164 valence electrons. The van der Waals surface area contributed by atoms with E-state index in [1.54, 1.807) is 12.1 Å². The number of nitrogens with zero attached hydrogens (tertiary/aromatic N) is 4. The number of benzene rings is 2. The van der Waals surface area contributed by atoms with Crippen molar-refractivity contribution in [1.29, 1.82) is 0 Å². The van der Waals surface area contributed by atoms with Gasteiger partial charge in [0.1, 0.15) is 11.3 Å². The van der Waals surface area contributed by atoms with Gasteiger partial charge in [-0.05, 0) is 36.6 Å². The molecule has 0 saturated heterocycles. The Morgan fingerprint density at radius 3 is 2.66 bits per heavy atom. The number of thioether (sulfide) groups is 1. The Kier molecular flexibility index (Phi) is 6.03. The summed E-state index contributed by atoms with van der Waals surface area (Å²) in [6, 6.07) is 14.7. The average molecular weight is 450 g/mol. The smallest absolute Gasteiger partial charge is 0.230 e. The Balaban J connectivity index is 1.40. The summed E-state index contributed by atoms with van der Waals surface area (Å²) in [7, 11) is 0. The molecule has 0 aliphatic heterocycles. The maximum atomic E-state index is 13.3. The van der Waals surface area contributed by atoms with Crippen molar-refractivity contribution in [1.82, 2.24) is 25.1 Å². The van der Waals surface area contributed by atoms with Crippen LogP contribution in [0, 0.1) is 5.82 Å². The van der Waals surface area contributed by atoms with E-state index in [1.807, 2.05) is 24.3 Å². The summed E-state index contributed by atoms with van der Waals surface area (Å²) in [5.41, 5.74) is 3.39. The van der Waals surface area contributed by atoms with Gasteiger partial charge in [-0.1, -0.05) is 61.4 Å². The van der Waals surface area contributed by atoms with Crippen LogP contribution in [0.2, 0.25) is 0 Å². The lowest BCUT2D eigenvalue weighted by Gasteiger charge is -2.22. The largest absolute Gasteiger partial charge is 0.353 e. The number of rotatable bonds is 6. The molecular formula is C24H24FN5OS. The first-order valence-corrected chi connectivity index (χ1v) is 11.9. The zero-order valence-electron chi connectivity index (χ0n) is 17.6. The van der Waals surface area contributed by atoms with E-state index in [4.69, 9.17) is 4.98 Å². The highest BCUT2D eigenvalue weighted by atomic mass is 32.2. The molecule has 0 atom stereocenters. The molecule has 0 radical (unpaired) electrons. The van der Waals surface area contributed by atoms with Gasteiger partial charge < -0.3 is 9.88 Å².